The van der Waals surface area contributed by atoms with Crippen LogP contribution in [0.15, 0.2) is 30.5 Å². The van der Waals surface area contributed by atoms with Gasteiger partial charge in [0.15, 0.2) is 0 Å². The number of aromatic nitrogens is 1. The van der Waals surface area contributed by atoms with E-state index in [4.69, 9.17) is 0 Å². The van der Waals surface area contributed by atoms with Gasteiger partial charge in [-0.15, -0.1) is 0 Å². The summed E-state index contributed by atoms with van der Waals surface area (Å²) >= 11 is 3.38. The molecular weight excluding hydrogens is 304 g/mol. The maximum absolute atomic E-state index is 12.4. The normalized spacial score (nSPS) is 16.2. The number of hydrogen-bond donors (Lipinski definition) is 0. The minimum Gasteiger partial charge on any atom is -0.309 e. The summed E-state index contributed by atoms with van der Waals surface area (Å²) in [6, 6.07) is 8.12. The molecule has 0 radical (unpaired) electrons. The Kier molecular flexibility index (Phi) is 3.27. The highest BCUT2D eigenvalue weighted by atomic mass is 79.9. The van der Waals surface area contributed by atoms with Crippen molar-refractivity contribution < 1.29 is 4.79 Å². The minimum atomic E-state index is -0.169. The molecular formula is C15H15BrN2O. The molecule has 0 aliphatic carbocycles. The van der Waals surface area contributed by atoms with Crippen LogP contribution in [-0.4, -0.2) is 22.3 Å². The number of fused-ring (bicyclic) bond motifs is 3. The first-order chi connectivity index (χ1) is 9.18. The maximum atomic E-state index is 12.4. The molecule has 3 rings (SSSR count). The van der Waals surface area contributed by atoms with E-state index in [1.54, 1.807) is 0 Å². The van der Waals surface area contributed by atoms with Crippen LogP contribution in [0.1, 0.15) is 19.0 Å². The minimum absolute atomic E-state index is 0.110. The van der Waals surface area contributed by atoms with Gasteiger partial charge in [0.1, 0.15) is 0 Å². The summed E-state index contributed by atoms with van der Waals surface area (Å²) in [5.41, 5.74) is 2.03. The van der Waals surface area contributed by atoms with E-state index in [1.807, 2.05) is 36.2 Å². The lowest BCUT2D eigenvalue weighted by molar-refractivity contribution is -0.117. The second-order valence-electron chi connectivity index (χ2n) is 4.85. The molecule has 0 saturated carbocycles. The van der Waals surface area contributed by atoms with E-state index < -0.39 is 0 Å². The van der Waals surface area contributed by atoms with Gasteiger partial charge in [0.2, 0.25) is 5.91 Å². The molecule has 2 heterocycles. The van der Waals surface area contributed by atoms with Crippen LogP contribution in [0.3, 0.4) is 0 Å². The lowest BCUT2D eigenvalue weighted by Gasteiger charge is -2.31. The highest BCUT2D eigenvalue weighted by Gasteiger charge is 2.27. The van der Waals surface area contributed by atoms with Gasteiger partial charge in [-0.25, -0.2) is 0 Å². The van der Waals surface area contributed by atoms with E-state index in [2.05, 4.69) is 27.0 Å². The molecule has 0 fully saturated rings. The maximum Gasteiger partial charge on any atom is 0.240 e. The van der Waals surface area contributed by atoms with Gasteiger partial charge in [-0.2, -0.15) is 0 Å². The Balaban J connectivity index is 2.21. The number of anilines is 1. The number of carbonyl (C=O) groups excluding carboxylic acids is 1. The summed E-state index contributed by atoms with van der Waals surface area (Å²) in [6.07, 6.45) is 3.82. The zero-order chi connectivity index (χ0) is 13.4. The number of pyridine rings is 1. The van der Waals surface area contributed by atoms with Gasteiger partial charge in [-0.3, -0.25) is 9.78 Å². The SMILES string of the molecule is CC(Br)C(=O)N1CCCc2ncc3ccccc3c21. The number of aryl methyl sites for hydroxylation is 1. The van der Waals surface area contributed by atoms with Gasteiger partial charge < -0.3 is 4.90 Å². The molecule has 1 aliphatic rings. The van der Waals surface area contributed by atoms with E-state index in [1.165, 1.54) is 0 Å². The van der Waals surface area contributed by atoms with Crippen molar-refractivity contribution in [3.05, 3.63) is 36.2 Å². The quantitative estimate of drug-likeness (QED) is 0.756. The van der Waals surface area contributed by atoms with Gasteiger partial charge in [0, 0.05) is 23.5 Å². The van der Waals surface area contributed by atoms with Crippen LogP contribution in [0.4, 0.5) is 5.69 Å². The van der Waals surface area contributed by atoms with E-state index in [9.17, 15) is 4.79 Å². The van der Waals surface area contributed by atoms with Crippen molar-refractivity contribution in [1.29, 1.82) is 0 Å². The topological polar surface area (TPSA) is 33.2 Å². The Labute approximate surface area is 120 Å². The molecule has 19 heavy (non-hydrogen) atoms. The molecule has 0 spiro atoms. The first-order valence-corrected chi connectivity index (χ1v) is 7.42. The molecule has 2 aromatic rings. The second-order valence-corrected chi connectivity index (χ2v) is 6.22. The number of alkyl halides is 1. The Morgan fingerprint density at radius 2 is 2.21 bits per heavy atom. The van der Waals surface area contributed by atoms with Crippen molar-refractivity contribution >= 4 is 38.3 Å². The molecule has 1 aromatic carbocycles. The van der Waals surface area contributed by atoms with Crippen molar-refractivity contribution in [2.24, 2.45) is 0 Å². The largest absolute Gasteiger partial charge is 0.309 e. The Morgan fingerprint density at radius 1 is 1.42 bits per heavy atom. The zero-order valence-corrected chi connectivity index (χ0v) is 12.4. The third-order valence-corrected chi connectivity index (χ3v) is 3.91. The number of hydrogen-bond acceptors (Lipinski definition) is 2. The predicted molar refractivity (Wildman–Crippen MR) is 80.8 cm³/mol. The van der Waals surface area contributed by atoms with Crippen molar-refractivity contribution in [2.45, 2.75) is 24.6 Å². The fourth-order valence-electron chi connectivity index (χ4n) is 2.62. The van der Waals surface area contributed by atoms with Gasteiger partial charge in [-0.05, 0) is 19.8 Å². The highest BCUT2D eigenvalue weighted by Crippen LogP contribution is 2.34. The standard InChI is InChI=1S/C15H15BrN2O/c1-10(16)15(19)18-8-4-7-13-14(18)12-6-3-2-5-11(12)9-17-13/h2-3,5-6,9-10H,4,7-8H2,1H3. The molecule has 0 bridgehead atoms. The average Bonchev–Trinajstić information content (AvgIpc) is 2.45. The predicted octanol–water partition coefficient (Wildman–Crippen LogP) is 3.30. The fourth-order valence-corrected chi connectivity index (χ4v) is 2.87. The summed E-state index contributed by atoms with van der Waals surface area (Å²) in [6.45, 7) is 2.65. The van der Waals surface area contributed by atoms with Crippen molar-refractivity contribution in [2.75, 3.05) is 11.4 Å². The third-order valence-electron chi connectivity index (χ3n) is 3.52. The molecule has 3 nitrogen and oxygen atoms in total. The van der Waals surface area contributed by atoms with Crippen molar-refractivity contribution in [1.82, 2.24) is 4.98 Å². The molecule has 0 N–H and O–H groups in total. The summed E-state index contributed by atoms with van der Waals surface area (Å²) in [5, 5.41) is 2.21. The molecule has 1 unspecified atom stereocenters. The monoisotopic (exact) mass is 318 g/mol. The lowest BCUT2D eigenvalue weighted by Crippen LogP contribution is -2.39. The first-order valence-electron chi connectivity index (χ1n) is 6.50. The number of carbonyl (C=O) groups is 1. The molecule has 1 aliphatic heterocycles. The van der Waals surface area contributed by atoms with E-state index in [-0.39, 0.29) is 10.7 Å². The van der Waals surface area contributed by atoms with Crippen LogP contribution in [-0.2, 0) is 11.2 Å². The molecule has 1 amide bonds. The molecule has 1 atom stereocenters. The van der Waals surface area contributed by atoms with Gasteiger partial charge in [0.25, 0.3) is 0 Å². The van der Waals surface area contributed by atoms with E-state index >= 15 is 0 Å². The molecule has 4 heteroatoms. The molecule has 98 valence electrons. The van der Waals surface area contributed by atoms with Gasteiger partial charge in [0.05, 0.1) is 16.2 Å². The van der Waals surface area contributed by atoms with Crippen LogP contribution in [0, 0.1) is 0 Å². The number of benzene rings is 1. The number of rotatable bonds is 1. The van der Waals surface area contributed by atoms with Crippen LogP contribution in [0.2, 0.25) is 0 Å². The Bertz CT molecular complexity index is 639. The summed E-state index contributed by atoms with van der Waals surface area (Å²) in [5.74, 6) is 0.110. The van der Waals surface area contributed by atoms with Crippen LogP contribution in [0.25, 0.3) is 10.8 Å². The third kappa shape index (κ3) is 2.14. The number of halogens is 1. The molecule has 1 aromatic heterocycles. The smallest absolute Gasteiger partial charge is 0.240 e. The van der Waals surface area contributed by atoms with E-state index in [0.717, 1.165) is 41.5 Å². The Morgan fingerprint density at radius 3 is 3.00 bits per heavy atom. The van der Waals surface area contributed by atoms with Gasteiger partial charge in [-0.1, -0.05) is 40.2 Å². The van der Waals surface area contributed by atoms with Crippen LogP contribution >= 0.6 is 15.9 Å². The second kappa shape index (κ2) is 4.93. The van der Waals surface area contributed by atoms with Crippen molar-refractivity contribution in [3.63, 3.8) is 0 Å². The van der Waals surface area contributed by atoms with Crippen LogP contribution < -0.4 is 4.90 Å². The fraction of sp³-hybridized carbons (Fsp3) is 0.333. The van der Waals surface area contributed by atoms with E-state index in [0.29, 0.717) is 0 Å². The highest BCUT2D eigenvalue weighted by molar-refractivity contribution is 9.10. The van der Waals surface area contributed by atoms with Gasteiger partial charge >= 0.3 is 0 Å². The number of amides is 1. The zero-order valence-electron chi connectivity index (χ0n) is 10.8. The summed E-state index contributed by atoms with van der Waals surface area (Å²) in [4.78, 5) is 18.6. The average molecular weight is 319 g/mol. The summed E-state index contributed by atoms with van der Waals surface area (Å²) in [7, 11) is 0. The van der Waals surface area contributed by atoms with Crippen LogP contribution in [0.5, 0.6) is 0 Å². The lowest BCUT2D eigenvalue weighted by atomic mass is 10.0. The Hall–Kier alpha value is -1.42. The van der Waals surface area contributed by atoms with Crippen molar-refractivity contribution in [3.8, 4) is 0 Å². The first kappa shape index (κ1) is 12.6. The number of nitrogens with zero attached hydrogens (tertiary/aromatic N) is 2. The summed E-state index contributed by atoms with van der Waals surface area (Å²) < 4.78 is 0. The molecule has 0 saturated heterocycles.